The van der Waals surface area contributed by atoms with E-state index >= 15 is 0 Å². The molecule has 1 fully saturated rings. The van der Waals surface area contributed by atoms with Gasteiger partial charge in [-0.15, -0.1) is 0 Å². The first-order chi connectivity index (χ1) is 14.5. The number of fused-ring (bicyclic) bond motifs is 1. The van der Waals surface area contributed by atoms with Gasteiger partial charge in [0.15, 0.2) is 11.5 Å². The highest BCUT2D eigenvalue weighted by Gasteiger charge is 2.48. The Kier molecular flexibility index (Phi) is 6.06. The lowest BCUT2D eigenvalue weighted by Crippen LogP contribution is -2.42. The lowest BCUT2D eigenvalue weighted by Gasteiger charge is -2.40. The fraction of sp³-hybridized carbons (Fsp3) is 0.375. The maximum atomic E-state index is 12.6. The average molecular weight is 519 g/mol. The molecule has 2 aliphatic rings. The van der Waals surface area contributed by atoms with Crippen LogP contribution < -0.4 is 9.47 Å². The van der Waals surface area contributed by atoms with Crippen molar-refractivity contribution < 1.29 is 19.0 Å². The summed E-state index contributed by atoms with van der Waals surface area (Å²) >= 11 is 2.22. The summed E-state index contributed by atoms with van der Waals surface area (Å²) in [5, 5.41) is 0. The number of esters is 1. The molecule has 1 aliphatic carbocycles. The second-order valence-corrected chi connectivity index (χ2v) is 9.18. The van der Waals surface area contributed by atoms with Crippen molar-refractivity contribution in [2.75, 3.05) is 27.8 Å². The number of halogens is 1. The molecule has 6 heteroatoms. The largest absolute Gasteiger partial charge is 0.493 e. The van der Waals surface area contributed by atoms with Crippen LogP contribution in [-0.2, 0) is 10.2 Å². The van der Waals surface area contributed by atoms with E-state index in [1.165, 1.54) is 5.56 Å². The zero-order valence-electron chi connectivity index (χ0n) is 17.5. The van der Waals surface area contributed by atoms with E-state index in [0.717, 1.165) is 46.6 Å². The Morgan fingerprint density at radius 1 is 1.07 bits per heavy atom. The van der Waals surface area contributed by atoms with Crippen molar-refractivity contribution in [1.29, 1.82) is 0 Å². The molecule has 2 aromatic rings. The number of nitrogens with zero attached hydrogens (tertiary/aromatic N) is 1. The normalized spacial score (nSPS) is 23.5. The van der Waals surface area contributed by atoms with E-state index in [1.807, 2.05) is 30.3 Å². The van der Waals surface area contributed by atoms with E-state index in [-0.39, 0.29) is 17.4 Å². The second-order valence-electron chi connectivity index (χ2n) is 7.93. The van der Waals surface area contributed by atoms with Gasteiger partial charge in [0, 0.05) is 21.4 Å². The monoisotopic (exact) mass is 519 g/mol. The fourth-order valence-electron chi connectivity index (χ4n) is 4.70. The Hall–Kier alpha value is -2.06. The summed E-state index contributed by atoms with van der Waals surface area (Å²) in [6.07, 6.45) is 4.84. The van der Waals surface area contributed by atoms with Gasteiger partial charge in [0.05, 0.1) is 19.8 Å². The number of hydrogen-bond donors (Lipinski definition) is 0. The third-order valence-electron chi connectivity index (χ3n) is 6.38. The summed E-state index contributed by atoms with van der Waals surface area (Å²) in [4.78, 5) is 14.9. The molecule has 1 aliphatic heterocycles. The number of methoxy groups -OCH3 is 2. The van der Waals surface area contributed by atoms with Crippen LogP contribution >= 0.6 is 22.6 Å². The highest BCUT2D eigenvalue weighted by molar-refractivity contribution is 14.1. The van der Waals surface area contributed by atoms with Gasteiger partial charge < -0.3 is 14.2 Å². The molecule has 2 aromatic carbocycles. The molecule has 1 heterocycles. The van der Waals surface area contributed by atoms with Crippen LogP contribution in [0.3, 0.4) is 0 Å². The van der Waals surface area contributed by atoms with E-state index in [2.05, 4.69) is 52.7 Å². The first kappa shape index (κ1) is 21.2. The van der Waals surface area contributed by atoms with Crippen molar-refractivity contribution in [2.45, 2.75) is 30.7 Å². The van der Waals surface area contributed by atoms with Gasteiger partial charge in [-0.2, -0.15) is 0 Å². The molecule has 0 aromatic heterocycles. The molecule has 0 bridgehead atoms. The van der Waals surface area contributed by atoms with Crippen molar-refractivity contribution in [1.82, 2.24) is 4.90 Å². The van der Waals surface area contributed by atoms with Crippen LogP contribution in [0, 0.1) is 3.57 Å². The van der Waals surface area contributed by atoms with Crippen LogP contribution in [0.15, 0.2) is 54.3 Å². The molecule has 158 valence electrons. The first-order valence-electron chi connectivity index (χ1n) is 10.1. The molecular weight excluding hydrogens is 493 g/mol. The molecule has 2 atom stereocenters. The number of carbonyl (C=O) groups is 1. The second kappa shape index (κ2) is 8.59. The number of carbonyl (C=O) groups excluding carboxylic acids is 1. The minimum atomic E-state index is -0.295. The predicted molar refractivity (Wildman–Crippen MR) is 124 cm³/mol. The summed E-state index contributed by atoms with van der Waals surface area (Å²) in [5.41, 5.74) is 1.80. The van der Waals surface area contributed by atoms with Gasteiger partial charge in [-0.05, 0) is 97.1 Å². The topological polar surface area (TPSA) is 48.0 Å². The highest BCUT2D eigenvalue weighted by Crippen LogP contribution is 2.49. The van der Waals surface area contributed by atoms with Gasteiger partial charge in [-0.3, -0.25) is 4.90 Å². The van der Waals surface area contributed by atoms with Gasteiger partial charge in [0.25, 0.3) is 0 Å². The third kappa shape index (κ3) is 3.83. The van der Waals surface area contributed by atoms with Gasteiger partial charge in [-0.1, -0.05) is 6.07 Å². The molecule has 1 saturated heterocycles. The van der Waals surface area contributed by atoms with Crippen molar-refractivity contribution in [3.8, 4) is 11.5 Å². The molecule has 5 nitrogen and oxygen atoms in total. The molecule has 0 amide bonds. The number of rotatable bonds is 5. The van der Waals surface area contributed by atoms with Gasteiger partial charge in [0.1, 0.15) is 5.76 Å². The third-order valence-corrected chi connectivity index (χ3v) is 7.09. The summed E-state index contributed by atoms with van der Waals surface area (Å²) in [6, 6.07) is 13.8. The molecule has 0 spiro atoms. The number of likely N-dealkylation sites (N-methyl/N-ethyl adjacent to an activating group) is 1. The summed E-state index contributed by atoms with van der Waals surface area (Å²) in [5.74, 6) is 1.95. The van der Waals surface area contributed by atoms with Crippen LogP contribution in [0.1, 0.15) is 35.2 Å². The highest BCUT2D eigenvalue weighted by atomic mass is 127. The predicted octanol–water partition coefficient (Wildman–Crippen LogP) is 4.79. The van der Waals surface area contributed by atoms with Crippen LogP contribution in [0.2, 0.25) is 0 Å². The Bertz CT molecular complexity index is 972. The SMILES string of the molecule is COc1ccc([C@@]23CCC(OC(=O)c4ccc(I)cc4)=C[C@@H]2N(C)CC3)cc1OC. The maximum Gasteiger partial charge on any atom is 0.343 e. The molecule has 0 unspecified atom stereocenters. The number of benzene rings is 2. The van der Waals surface area contributed by atoms with E-state index in [1.54, 1.807) is 14.2 Å². The lowest BCUT2D eigenvalue weighted by atomic mass is 9.68. The number of ether oxygens (including phenoxy) is 3. The van der Waals surface area contributed by atoms with Crippen LogP contribution in [-0.4, -0.2) is 44.7 Å². The summed E-state index contributed by atoms with van der Waals surface area (Å²) < 4.78 is 17.8. The molecular formula is C24H26INO4. The molecule has 30 heavy (non-hydrogen) atoms. The van der Waals surface area contributed by atoms with E-state index in [9.17, 15) is 4.79 Å². The van der Waals surface area contributed by atoms with Crippen molar-refractivity contribution >= 4 is 28.6 Å². The standard InChI is InChI=1S/C24H26INO4/c1-26-13-12-24(17-6-9-20(28-2)21(14-17)29-3)11-10-19(15-22(24)26)30-23(27)16-4-7-18(25)8-5-16/h4-9,14-15,22H,10-13H2,1-3H3/t22-,24-/m0/s1. The number of allylic oxidation sites excluding steroid dienone is 1. The molecule has 4 rings (SSSR count). The first-order valence-corrected chi connectivity index (χ1v) is 11.2. The smallest absolute Gasteiger partial charge is 0.343 e. The molecule has 0 N–H and O–H groups in total. The Morgan fingerprint density at radius 2 is 1.80 bits per heavy atom. The Labute approximate surface area is 191 Å². The zero-order valence-corrected chi connectivity index (χ0v) is 19.6. The fourth-order valence-corrected chi connectivity index (χ4v) is 5.06. The van der Waals surface area contributed by atoms with Crippen LogP contribution in [0.5, 0.6) is 11.5 Å². The van der Waals surface area contributed by atoms with Crippen molar-refractivity contribution in [3.63, 3.8) is 0 Å². The zero-order chi connectivity index (χ0) is 21.3. The Balaban J connectivity index is 1.61. The molecule has 0 radical (unpaired) electrons. The average Bonchev–Trinajstić information content (AvgIpc) is 3.11. The van der Waals surface area contributed by atoms with Crippen LogP contribution in [0.4, 0.5) is 0 Å². The quantitative estimate of drug-likeness (QED) is 0.420. The van der Waals surface area contributed by atoms with Crippen molar-refractivity contribution in [3.05, 3.63) is 69.0 Å². The van der Waals surface area contributed by atoms with Crippen LogP contribution in [0.25, 0.3) is 0 Å². The molecule has 0 saturated carbocycles. The van der Waals surface area contributed by atoms with E-state index in [0.29, 0.717) is 5.56 Å². The maximum absolute atomic E-state index is 12.6. The van der Waals surface area contributed by atoms with Gasteiger partial charge in [0.2, 0.25) is 0 Å². The van der Waals surface area contributed by atoms with Crippen molar-refractivity contribution in [2.24, 2.45) is 0 Å². The lowest BCUT2D eigenvalue weighted by molar-refractivity contribution is 0.0593. The Morgan fingerprint density at radius 3 is 2.50 bits per heavy atom. The van der Waals surface area contributed by atoms with E-state index in [4.69, 9.17) is 14.2 Å². The summed E-state index contributed by atoms with van der Waals surface area (Å²) in [7, 11) is 5.45. The van der Waals surface area contributed by atoms with Gasteiger partial charge >= 0.3 is 5.97 Å². The minimum absolute atomic E-state index is 0.0208. The van der Waals surface area contributed by atoms with E-state index < -0.39 is 0 Å². The minimum Gasteiger partial charge on any atom is -0.493 e. The number of likely N-dealkylation sites (tertiary alicyclic amines) is 1. The van der Waals surface area contributed by atoms with Gasteiger partial charge in [-0.25, -0.2) is 4.79 Å². The summed E-state index contributed by atoms with van der Waals surface area (Å²) in [6.45, 7) is 0.994. The number of hydrogen-bond acceptors (Lipinski definition) is 5.